The number of benzene rings is 1. The highest BCUT2D eigenvalue weighted by atomic mass is 32.1. The number of carbonyl (C=O) groups excluding carboxylic acids is 2. The summed E-state index contributed by atoms with van der Waals surface area (Å²) in [6.07, 6.45) is 0. The van der Waals surface area contributed by atoms with Crippen LogP contribution >= 0.6 is 11.3 Å². The summed E-state index contributed by atoms with van der Waals surface area (Å²) in [4.78, 5) is 23.0. The minimum atomic E-state index is -0.759. The second-order valence-electron chi connectivity index (χ2n) is 4.07. The summed E-state index contributed by atoms with van der Waals surface area (Å²) >= 11 is 1.19. The molecule has 0 atom stereocenters. The quantitative estimate of drug-likeness (QED) is 0.683. The third kappa shape index (κ3) is 2.95. The van der Waals surface area contributed by atoms with E-state index in [4.69, 9.17) is 16.6 Å². The molecule has 0 aliphatic rings. The summed E-state index contributed by atoms with van der Waals surface area (Å²) < 4.78 is 0. The highest BCUT2D eigenvalue weighted by Gasteiger charge is 2.16. The first-order valence-electron chi connectivity index (χ1n) is 5.71. The normalized spacial score (nSPS) is 10.2. The Balaban J connectivity index is 2.46. The molecule has 0 aliphatic carbocycles. The lowest BCUT2D eigenvalue weighted by Crippen LogP contribution is -2.21. The van der Waals surface area contributed by atoms with Gasteiger partial charge in [0.2, 0.25) is 0 Å². The van der Waals surface area contributed by atoms with E-state index in [1.54, 1.807) is 24.3 Å². The van der Waals surface area contributed by atoms with Gasteiger partial charge in [-0.3, -0.25) is 10.1 Å². The summed E-state index contributed by atoms with van der Waals surface area (Å²) in [7, 11) is 0. The van der Waals surface area contributed by atoms with Gasteiger partial charge in [0.25, 0.3) is 5.91 Å². The minimum Gasteiger partial charge on any atom is -0.392 e. The number of aliphatic hydroxyl groups excluding tert-OH is 1. The molecule has 2 rings (SSSR count). The third-order valence-electron chi connectivity index (χ3n) is 2.63. The Bertz CT molecular complexity index is 667. The average Bonchev–Trinajstić information content (AvgIpc) is 2.82. The number of hydrogen-bond acceptors (Lipinski definition) is 4. The number of nitrogens with one attached hydrogen (secondary N) is 1. The largest absolute Gasteiger partial charge is 0.392 e. The summed E-state index contributed by atoms with van der Waals surface area (Å²) in [5.41, 5.74) is 12.1. The zero-order chi connectivity index (χ0) is 14.7. The lowest BCUT2D eigenvalue weighted by Gasteiger charge is -2.00. The van der Waals surface area contributed by atoms with E-state index in [0.717, 1.165) is 16.0 Å². The number of nitrogens with two attached hydrogens (primary N) is 2. The summed E-state index contributed by atoms with van der Waals surface area (Å²) in [6.45, 7) is -0.0751. The molecule has 0 unspecified atom stereocenters. The van der Waals surface area contributed by atoms with Crippen LogP contribution in [0.15, 0.2) is 30.3 Å². The minimum absolute atomic E-state index is 0.0751. The van der Waals surface area contributed by atoms with E-state index in [-0.39, 0.29) is 12.2 Å². The number of aliphatic hydroxyl groups is 1. The van der Waals surface area contributed by atoms with Crippen LogP contribution in [0.2, 0.25) is 0 Å². The second kappa shape index (κ2) is 5.72. The summed E-state index contributed by atoms with van der Waals surface area (Å²) in [5, 5.41) is 11.8. The van der Waals surface area contributed by atoms with Gasteiger partial charge in [-0.25, -0.2) is 4.79 Å². The van der Waals surface area contributed by atoms with Crippen molar-refractivity contribution < 1.29 is 14.7 Å². The molecule has 20 heavy (non-hydrogen) atoms. The van der Waals surface area contributed by atoms with Crippen LogP contribution in [0.5, 0.6) is 0 Å². The van der Waals surface area contributed by atoms with Gasteiger partial charge in [-0.05, 0) is 23.3 Å². The van der Waals surface area contributed by atoms with Crippen molar-refractivity contribution in [3.63, 3.8) is 0 Å². The van der Waals surface area contributed by atoms with Crippen LogP contribution in [0.3, 0.4) is 0 Å². The molecular weight excluding hydrogens is 278 g/mol. The average molecular weight is 291 g/mol. The standard InChI is InChI=1S/C13H13N3O3S/c14-11(18)9-5-10(20-12(9)16-13(15)19)8-3-1-2-7(4-8)6-17/h1-5,17H,6H2,(H2,14,18)(H3,15,16,19). The topological polar surface area (TPSA) is 118 Å². The monoisotopic (exact) mass is 291 g/mol. The fourth-order valence-corrected chi connectivity index (χ4v) is 2.81. The lowest BCUT2D eigenvalue weighted by molar-refractivity contribution is 0.100. The van der Waals surface area contributed by atoms with E-state index >= 15 is 0 Å². The first-order chi connectivity index (χ1) is 9.51. The van der Waals surface area contributed by atoms with Crippen molar-refractivity contribution in [3.05, 3.63) is 41.5 Å². The number of urea groups is 1. The van der Waals surface area contributed by atoms with Crippen molar-refractivity contribution in [1.29, 1.82) is 0 Å². The van der Waals surface area contributed by atoms with Gasteiger partial charge in [0.05, 0.1) is 12.2 Å². The Kier molecular flexibility index (Phi) is 4.02. The van der Waals surface area contributed by atoms with Gasteiger partial charge in [0.1, 0.15) is 5.00 Å². The van der Waals surface area contributed by atoms with Gasteiger partial charge in [-0.15, -0.1) is 11.3 Å². The molecule has 1 aromatic carbocycles. The van der Waals surface area contributed by atoms with E-state index in [1.165, 1.54) is 11.3 Å². The number of anilines is 1. The van der Waals surface area contributed by atoms with Crippen LogP contribution < -0.4 is 16.8 Å². The van der Waals surface area contributed by atoms with Crippen LogP contribution in [0, 0.1) is 0 Å². The van der Waals surface area contributed by atoms with Crippen LogP contribution in [0.25, 0.3) is 10.4 Å². The SMILES string of the molecule is NC(=O)Nc1sc(-c2cccc(CO)c2)cc1C(N)=O. The highest BCUT2D eigenvalue weighted by Crippen LogP contribution is 2.35. The molecule has 104 valence electrons. The fraction of sp³-hybridized carbons (Fsp3) is 0.0769. The van der Waals surface area contributed by atoms with E-state index < -0.39 is 11.9 Å². The van der Waals surface area contributed by atoms with Gasteiger partial charge in [-0.2, -0.15) is 0 Å². The van der Waals surface area contributed by atoms with Gasteiger partial charge in [0.15, 0.2) is 0 Å². The van der Waals surface area contributed by atoms with Crippen molar-refractivity contribution in [3.8, 4) is 10.4 Å². The first-order valence-corrected chi connectivity index (χ1v) is 6.53. The van der Waals surface area contributed by atoms with Crippen molar-refractivity contribution in [2.45, 2.75) is 6.61 Å². The van der Waals surface area contributed by atoms with Crippen molar-refractivity contribution in [2.75, 3.05) is 5.32 Å². The Hall–Kier alpha value is -2.38. The third-order valence-corrected chi connectivity index (χ3v) is 3.73. The van der Waals surface area contributed by atoms with E-state index in [2.05, 4.69) is 5.32 Å². The molecule has 3 amide bonds. The number of primary amides is 2. The first kappa shape index (κ1) is 14.0. The van der Waals surface area contributed by atoms with E-state index in [0.29, 0.717) is 5.00 Å². The van der Waals surface area contributed by atoms with Crippen LogP contribution in [0.4, 0.5) is 9.80 Å². The van der Waals surface area contributed by atoms with Gasteiger partial charge < -0.3 is 16.6 Å². The maximum absolute atomic E-state index is 11.4. The molecule has 6 N–H and O–H groups in total. The predicted molar refractivity (Wildman–Crippen MR) is 77.4 cm³/mol. The fourth-order valence-electron chi connectivity index (χ4n) is 1.74. The Morgan fingerprint density at radius 2 is 2.00 bits per heavy atom. The zero-order valence-corrected chi connectivity index (χ0v) is 11.2. The van der Waals surface area contributed by atoms with Gasteiger partial charge in [-0.1, -0.05) is 18.2 Å². The molecule has 0 fully saturated rings. The molecule has 0 saturated heterocycles. The summed E-state index contributed by atoms with van der Waals surface area (Å²) in [5.74, 6) is -0.644. The molecule has 0 spiro atoms. The maximum Gasteiger partial charge on any atom is 0.317 e. The molecule has 0 saturated carbocycles. The molecule has 1 aromatic heterocycles. The molecule has 1 heterocycles. The van der Waals surface area contributed by atoms with Gasteiger partial charge >= 0.3 is 6.03 Å². The van der Waals surface area contributed by atoms with Crippen molar-refractivity contribution in [1.82, 2.24) is 0 Å². The molecule has 0 radical (unpaired) electrons. The molecule has 0 bridgehead atoms. The molecular formula is C13H13N3O3S. The van der Waals surface area contributed by atoms with E-state index in [1.807, 2.05) is 6.07 Å². The number of carbonyl (C=O) groups is 2. The maximum atomic E-state index is 11.4. The van der Waals surface area contributed by atoms with Crippen molar-refractivity contribution in [2.24, 2.45) is 11.5 Å². The smallest absolute Gasteiger partial charge is 0.317 e. The zero-order valence-electron chi connectivity index (χ0n) is 10.4. The molecule has 0 aliphatic heterocycles. The Morgan fingerprint density at radius 1 is 1.25 bits per heavy atom. The second-order valence-corrected chi connectivity index (χ2v) is 5.12. The lowest BCUT2D eigenvalue weighted by atomic mass is 10.1. The van der Waals surface area contributed by atoms with Crippen molar-refractivity contribution >= 4 is 28.3 Å². The molecule has 6 nitrogen and oxygen atoms in total. The Morgan fingerprint density at radius 3 is 2.60 bits per heavy atom. The highest BCUT2D eigenvalue weighted by molar-refractivity contribution is 7.20. The predicted octanol–water partition coefficient (Wildman–Crippen LogP) is 1.50. The van der Waals surface area contributed by atoms with Crippen LogP contribution in [0.1, 0.15) is 15.9 Å². The number of rotatable bonds is 4. The number of hydrogen-bond donors (Lipinski definition) is 4. The van der Waals surface area contributed by atoms with Gasteiger partial charge in [0, 0.05) is 4.88 Å². The summed E-state index contributed by atoms with van der Waals surface area (Å²) in [6, 6.07) is 8.05. The number of thiophene rings is 1. The van der Waals surface area contributed by atoms with Crippen LogP contribution in [-0.4, -0.2) is 17.0 Å². The van der Waals surface area contributed by atoms with Crippen LogP contribution in [-0.2, 0) is 6.61 Å². The van der Waals surface area contributed by atoms with E-state index in [9.17, 15) is 9.59 Å². The molecule has 7 heteroatoms. The molecule has 2 aromatic rings. The number of amides is 3. The Labute approximate surface area is 119 Å².